The number of aryl methyl sites for hydroxylation is 1. The van der Waals surface area contributed by atoms with Gasteiger partial charge < -0.3 is 0 Å². The number of alkyl halides is 3. The Kier molecular flexibility index (Phi) is 3.03. The van der Waals surface area contributed by atoms with E-state index in [1.165, 1.54) is 6.20 Å². The highest BCUT2D eigenvalue weighted by atomic mass is 19.4. The molecule has 2 aromatic heterocycles. The molecule has 0 unspecified atom stereocenters. The van der Waals surface area contributed by atoms with E-state index in [0.717, 1.165) is 43.1 Å². The molecule has 0 bridgehead atoms. The van der Waals surface area contributed by atoms with Gasteiger partial charge in [0.25, 0.3) is 0 Å². The van der Waals surface area contributed by atoms with Crippen LogP contribution in [0, 0.1) is 6.92 Å². The van der Waals surface area contributed by atoms with Crippen LogP contribution in [0.15, 0.2) is 18.3 Å². The van der Waals surface area contributed by atoms with Crippen molar-refractivity contribution in [3.05, 3.63) is 35.3 Å². The van der Waals surface area contributed by atoms with E-state index in [9.17, 15) is 13.2 Å². The monoisotopic (exact) mass is 281 g/mol. The zero-order chi connectivity index (χ0) is 14.3. The van der Waals surface area contributed by atoms with Crippen molar-refractivity contribution in [3.63, 3.8) is 0 Å². The summed E-state index contributed by atoms with van der Waals surface area (Å²) >= 11 is 0. The smallest absolute Gasteiger partial charge is 0.269 e. The van der Waals surface area contributed by atoms with Crippen LogP contribution in [-0.2, 0) is 19.1 Å². The summed E-state index contributed by atoms with van der Waals surface area (Å²) in [6, 6.07) is 2.65. The first kappa shape index (κ1) is 13.1. The van der Waals surface area contributed by atoms with Gasteiger partial charge in [-0.1, -0.05) is 0 Å². The van der Waals surface area contributed by atoms with E-state index in [0.29, 0.717) is 11.3 Å². The molecule has 0 spiro atoms. The Balaban J connectivity index is 2.08. The highest BCUT2D eigenvalue weighted by molar-refractivity contribution is 5.64. The average molecular weight is 281 g/mol. The fourth-order valence-electron chi connectivity index (χ4n) is 2.65. The second kappa shape index (κ2) is 4.61. The minimum atomic E-state index is -4.43. The van der Waals surface area contributed by atoms with Gasteiger partial charge in [-0.2, -0.15) is 18.3 Å². The molecule has 106 valence electrons. The van der Waals surface area contributed by atoms with Gasteiger partial charge in [0.05, 0.1) is 5.69 Å². The zero-order valence-corrected chi connectivity index (χ0v) is 11.0. The van der Waals surface area contributed by atoms with Crippen LogP contribution in [-0.4, -0.2) is 14.8 Å². The predicted molar refractivity (Wildman–Crippen MR) is 68.1 cm³/mol. The van der Waals surface area contributed by atoms with E-state index in [2.05, 4.69) is 10.1 Å². The third-order valence-electron chi connectivity index (χ3n) is 3.68. The van der Waals surface area contributed by atoms with Gasteiger partial charge in [0.15, 0.2) is 0 Å². The number of hydrogen-bond acceptors (Lipinski definition) is 2. The number of pyridine rings is 1. The van der Waals surface area contributed by atoms with Crippen molar-refractivity contribution < 1.29 is 13.2 Å². The molecule has 1 aliphatic heterocycles. The van der Waals surface area contributed by atoms with Gasteiger partial charge in [-0.3, -0.25) is 9.67 Å². The van der Waals surface area contributed by atoms with Crippen LogP contribution < -0.4 is 0 Å². The van der Waals surface area contributed by atoms with Crippen molar-refractivity contribution in [2.45, 2.75) is 38.9 Å². The lowest BCUT2D eigenvalue weighted by Crippen LogP contribution is -2.11. The molecule has 0 aromatic carbocycles. The summed E-state index contributed by atoms with van der Waals surface area (Å²) < 4.78 is 40.1. The summed E-state index contributed by atoms with van der Waals surface area (Å²) in [5.74, 6) is 0. The molecule has 0 amide bonds. The van der Waals surface area contributed by atoms with Crippen LogP contribution in [0.25, 0.3) is 11.3 Å². The Bertz CT molecular complexity index is 644. The highest BCUT2D eigenvalue weighted by Crippen LogP contribution is 2.32. The number of rotatable bonds is 1. The summed E-state index contributed by atoms with van der Waals surface area (Å²) in [7, 11) is 0. The molecule has 20 heavy (non-hydrogen) atoms. The number of nitrogens with zero attached hydrogens (tertiary/aromatic N) is 3. The number of halogens is 3. The Labute approximate surface area is 114 Å². The van der Waals surface area contributed by atoms with Crippen LogP contribution in [0.2, 0.25) is 0 Å². The fraction of sp³-hybridized carbons (Fsp3) is 0.429. The summed E-state index contributed by atoms with van der Waals surface area (Å²) in [5, 5.41) is 4.47. The van der Waals surface area contributed by atoms with Crippen LogP contribution in [0.4, 0.5) is 13.2 Å². The molecule has 3 nitrogen and oxygen atoms in total. The van der Waals surface area contributed by atoms with Crippen molar-refractivity contribution in [2.75, 3.05) is 0 Å². The first-order valence-electron chi connectivity index (χ1n) is 6.57. The van der Waals surface area contributed by atoms with Crippen LogP contribution >= 0.6 is 0 Å². The van der Waals surface area contributed by atoms with E-state index < -0.39 is 11.9 Å². The van der Waals surface area contributed by atoms with Gasteiger partial charge >= 0.3 is 6.18 Å². The second-order valence-electron chi connectivity index (χ2n) is 5.03. The molecular weight excluding hydrogens is 267 g/mol. The van der Waals surface area contributed by atoms with Crippen molar-refractivity contribution in [2.24, 2.45) is 0 Å². The highest BCUT2D eigenvalue weighted by Gasteiger charge is 2.33. The van der Waals surface area contributed by atoms with E-state index in [1.54, 1.807) is 6.07 Å². The topological polar surface area (TPSA) is 30.7 Å². The molecule has 0 saturated carbocycles. The van der Waals surface area contributed by atoms with E-state index in [4.69, 9.17) is 0 Å². The van der Waals surface area contributed by atoms with Gasteiger partial charge in [-0.05, 0) is 43.9 Å². The lowest BCUT2D eigenvalue weighted by Gasteiger charge is -2.13. The second-order valence-corrected chi connectivity index (χ2v) is 5.03. The number of fused-ring (bicyclic) bond motifs is 1. The Morgan fingerprint density at radius 3 is 2.75 bits per heavy atom. The minimum Gasteiger partial charge on any atom is -0.269 e. The molecule has 0 N–H and O–H groups in total. The molecule has 1 aliphatic rings. The number of hydrogen-bond donors (Lipinski definition) is 0. The quantitative estimate of drug-likeness (QED) is 0.799. The largest absolute Gasteiger partial charge is 0.433 e. The van der Waals surface area contributed by atoms with Gasteiger partial charge in [0.1, 0.15) is 5.69 Å². The zero-order valence-electron chi connectivity index (χ0n) is 11.0. The first-order chi connectivity index (χ1) is 9.47. The maximum Gasteiger partial charge on any atom is 0.433 e. The fourth-order valence-corrected chi connectivity index (χ4v) is 2.65. The summed E-state index contributed by atoms with van der Waals surface area (Å²) in [4.78, 5) is 3.39. The van der Waals surface area contributed by atoms with Gasteiger partial charge in [-0.15, -0.1) is 0 Å². The van der Waals surface area contributed by atoms with Gasteiger partial charge in [0.2, 0.25) is 0 Å². The lowest BCUT2D eigenvalue weighted by molar-refractivity contribution is -0.141. The molecule has 3 rings (SSSR count). The maximum atomic E-state index is 12.7. The van der Waals surface area contributed by atoms with Crippen LogP contribution in [0.5, 0.6) is 0 Å². The lowest BCUT2D eigenvalue weighted by atomic mass is 10.0. The summed E-state index contributed by atoms with van der Waals surface area (Å²) in [5.41, 5.74) is 2.35. The van der Waals surface area contributed by atoms with Crippen molar-refractivity contribution in [1.29, 1.82) is 0 Å². The number of aromatic nitrogens is 3. The van der Waals surface area contributed by atoms with Gasteiger partial charge in [-0.25, -0.2) is 0 Å². The standard InChI is InChI=1S/C14H14F3N3/c1-9-11-4-2-3-7-20(11)19-13(9)10-5-6-18-12(8-10)14(15,16)17/h5-6,8H,2-4,7H2,1H3. The molecule has 2 aromatic rings. The van der Waals surface area contributed by atoms with Gasteiger partial charge in [0, 0.05) is 24.0 Å². The molecule has 3 heterocycles. The maximum absolute atomic E-state index is 12.7. The SMILES string of the molecule is Cc1c(-c2ccnc(C(F)(F)F)c2)nn2c1CCCC2. The Morgan fingerprint density at radius 1 is 1.25 bits per heavy atom. The predicted octanol–water partition coefficient (Wildman–Crippen LogP) is 3.61. The van der Waals surface area contributed by atoms with E-state index >= 15 is 0 Å². The minimum absolute atomic E-state index is 0.478. The molecule has 0 atom stereocenters. The summed E-state index contributed by atoms with van der Waals surface area (Å²) in [6.07, 6.45) is -0.122. The van der Waals surface area contributed by atoms with E-state index in [1.807, 2.05) is 11.6 Å². The molecule has 6 heteroatoms. The van der Waals surface area contributed by atoms with Crippen LogP contribution in [0.3, 0.4) is 0 Å². The van der Waals surface area contributed by atoms with E-state index in [-0.39, 0.29) is 0 Å². The molecular formula is C14H14F3N3. The normalized spacial score (nSPS) is 15.2. The third-order valence-corrected chi connectivity index (χ3v) is 3.68. The molecule has 0 saturated heterocycles. The van der Waals surface area contributed by atoms with Crippen LogP contribution in [0.1, 0.15) is 29.8 Å². The van der Waals surface area contributed by atoms with Crippen molar-refractivity contribution in [3.8, 4) is 11.3 Å². The molecule has 0 radical (unpaired) electrons. The van der Waals surface area contributed by atoms with Crippen molar-refractivity contribution in [1.82, 2.24) is 14.8 Å². The molecule has 0 aliphatic carbocycles. The summed E-state index contributed by atoms with van der Waals surface area (Å²) in [6.45, 7) is 2.76. The Morgan fingerprint density at radius 2 is 2.05 bits per heavy atom. The van der Waals surface area contributed by atoms with Crippen molar-refractivity contribution >= 4 is 0 Å². The first-order valence-corrected chi connectivity index (χ1v) is 6.57. The third kappa shape index (κ3) is 2.19. The Hall–Kier alpha value is -1.85. The molecule has 0 fully saturated rings. The average Bonchev–Trinajstić information content (AvgIpc) is 2.76.